The van der Waals surface area contributed by atoms with E-state index in [2.05, 4.69) is 17.6 Å². The van der Waals surface area contributed by atoms with E-state index in [-0.39, 0.29) is 12.2 Å². The molecule has 1 aromatic rings. The summed E-state index contributed by atoms with van der Waals surface area (Å²) in [6.45, 7) is 3.71. The SMILES string of the molecule is CC=C=C(C)CCC(=O)C#Cc1ccc(C(F)(F)F)cc1. The Hall–Kier alpha value is -2.24. The quantitative estimate of drug-likeness (QED) is 0.591. The fraction of sp³-hybridized carbons (Fsp3) is 0.294. The summed E-state index contributed by atoms with van der Waals surface area (Å²) in [7, 11) is 0. The average molecular weight is 292 g/mol. The molecule has 0 bridgehead atoms. The highest BCUT2D eigenvalue weighted by Gasteiger charge is 2.29. The van der Waals surface area contributed by atoms with Crippen LogP contribution in [-0.2, 0) is 11.0 Å². The van der Waals surface area contributed by atoms with Crippen molar-refractivity contribution in [1.82, 2.24) is 0 Å². The Morgan fingerprint density at radius 3 is 2.33 bits per heavy atom. The fourth-order valence-corrected chi connectivity index (χ4v) is 1.57. The molecule has 0 aromatic heterocycles. The summed E-state index contributed by atoms with van der Waals surface area (Å²) in [5.41, 5.74) is 3.60. The first-order valence-electron chi connectivity index (χ1n) is 6.42. The number of hydrogen-bond donors (Lipinski definition) is 0. The molecular formula is C17H15F3O. The van der Waals surface area contributed by atoms with Gasteiger partial charge < -0.3 is 0 Å². The summed E-state index contributed by atoms with van der Waals surface area (Å²) in [5.74, 6) is 4.76. The minimum Gasteiger partial charge on any atom is -0.285 e. The number of alkyl halides is 3. The molecule has 0 amide bonds. The van der Waals surface area contributed by atoms with Crippen LogP contribution in [0, 0.1) is 11.8 Å². The van der Waals surface area contributed by atoms with E-state index in [1.54, 1.807) is 6.08 Å². The van der Waals surface area contributed by atoms with Crippen molar-refractivity contribution in [2.24, 2.45) is 0 Å². The zero-order valence-electron chi connectivity index (χ0n) is 11.8. The molecule has 4 heteroatoms. The van der Waals surface area contributed by atoms with Crippen molar-refractivity contribution in [1.29, 1.82) is 0 Å². The van der Waals surface area contributed by atoms with Crippen LogP contribution in [0.3, 0.4) is 0 Å². The van der Waals surface area contributed by atoms with Crippen LogP contribution in [0.15, 0.2) is 41.6 Å². The summed E-state index contributed by atoms with van der Waals surface area (Å²) >= 11 is 0. The number of carbonyl (C=O) groups excluding carboxylic acids is 1. The van der Waals surface area contributed by atoms with Crippen molar-refractivity contribution in [2.45, 2.75) is 32.9 Å². The smallest absolute Gasteiger partial charge is 0.285 e. The lowest BCUT2D eigenvalue weighted by molar-refractivity contribution is -0.137. The van der Waals surface area contributed by atoms with Crippen LogP contribution in [0.25, 0.3) is 0 Å². The summed E-state index contributed by atoms with van der Waals surface area (Å²) in [5, 5.41) is 0. The molecule has 0 unspecified atom stereocenters. The van der Waals surface area contributed by atoms with Crippen LogP contribution < -0.4 is 0 Å². The molecule has 0 aliphatic carbocycles. The summed E-state index contributed by atoms with van der Waals surface area (Å²) in [6.07, 6.45) is -1.74. The number of benzene rings is 1. The molecule has 21 heavy (non-hydrogen) atoms. The number of hydrogen-bond acceptors (Lipinski definition) is 1. The van der Waals surface area contributed by atoms with Gasteiger partial charge in [-0.2, -0.15) is 13.2 Å². The van der Waals surface area contributed by atoms with E-state index in [0.29, 0.717) is 12.0 Å². The van der Waals surface area contributed by atoms with Gasteiger partial charge in [-0.1, -0.05) is 5.92 Å². The molecule has 0 aliphatic heterocycles. The van der Waals surface area contributed by atoms with Gasteiger partial charge in [0.2, 0.25) is 5.78 Å². The predicted molar refractivity (Wildman–Crippen MR) is 75.5 cm³/mol. The van der Waals surface area contributed by atoms with Crippen LogP contribution in [0.5, 0.6) is 0 Å². The lowest BCUT2D eigenvalue weighted by Gasteiger charge is -2.05. The first kappa shape index (κ1) is 16.8. The van der Waals surface area contributed by atoms with Gasteiger partial charge in [0.05, 0.1) is 5.56 Å². The molecule has 0 N–H and O–H groups in total. The maximum absolute atomic E-state index is 12.4. The summed E-state index contributed by atoms with van der Waals surface area (Å²) in [6, 6.07) is 4.42. The molecule has 110 valence electrons. The number of Topliss-reactive ketones (excluding diaryl/α,β-unsaturated/α-hetero) is 1. The maximum Gasteiger partial charge on any atom is 0.416 e. The van der Waals surface area contributed by atoms with E-state index in [0.717, 1.165) is 17.7 Å². The second-order valence-corrected chi connectivity index (χ2v) is 4.46. The Kier molecular flexibility index (Phi) is 6.02. The third kappa shape index (κ3) is 6.16. The highest BCUT2D eigenvalue weighted by Crippen LogP contribution is 2.28. The number of carbonyl (C=O) groups is 1. The minimum atomic E-state index is -4.36. The molecule has 0 fully saturated rings. The molecule has 0 aliphatic rings. The summed E-state index contributed by atoms with van der Waals surface area (Å²) in [4.78, 5) is 11.5. The van der Waals surface area contributed by atoms with Gasteiger partial charge in [0.15, 0.2) is 0 Å². The van der Waals surface area contributed by atoms with Crippen LogP contribution in [0.2, 0.25) is 0 Å². The Morgan fingerprint density at radius 1 is 1.19 bits per heavy atom. The van der Waals surface area contributed by atoms with E-state index in [1.165, 1.54) is 12.1 Å². The van der Waals surface area contributed by atoms with Crippen molar-refractivity contribution >= 4 is 5.78 Å². The Labute approximate surface area is 122 Å². The largest absolute Gasteiger partial charge is 0.416 e. The lowest BCUT2D eigenvalue weighted by atomic mass is 10.1. The average Bonchev–Trinajstić information content (AvgIpc) is 2.43. The number of rotatable bonds is 3. The molecule has 1 rings (SSSR count). The Morgan fingerprint density at radius 2 is 1.81 bits per heavy atom. The van der Waals surface area contributed by atoms with Crippen molar-refractivity contribution in [3.8, 4) is 11.8 Å². The minimum absolute atomic E-state index is 0.243. The number of allylic oxidation sites excluding steroid dienone is 1. The van der Waals surface area contributed by atoms with Gasteiger partial charge in [0.1, 0.15) is 0 Å². The molecule has 1 aromatic carbocycles. The predicted octanol–water partition coefficient (Wildman–Crippen LogP) is 4.53. The second kappa shape index (κ2) is 7.52. The molecule has 0 heterocycles. The first-order valence-corrected chi connectivity index (χ1v) is 6.42. The van der Waals surface area contributed by atoms with E-state index in [4.69, 9.17) is 0 Å². The molecule has 0 spiro atoms. The molecule has 0 radical (unpaired) electrons. The highest BCUT2D eigenvalue weighted by molar-refractivity contribution is 5.96. The maximum atomic E-state index is 12.4. The number of ketones is 1. The van der Waals surface area contributed by atoms with Gasteiger partial charge in [0.25, 0.3) is 0 Å². The zero-order valence-corrected chi connectivity index (χ0v) is 11.8. The van der Waals surface area contributed by atoms with E-state index < -0.39 is 11.7 Å². The molecule has 1 nitrogen and oxygen atoms in total. The number of halogens is 3. The summed E-state index contributed by atoms with van der Waals surface area (Å²) < 4.78 is 37.1. The fourth-order valence-electron chi connectivity index (χ4n) is 1.57. The zero-order chi connectivity index (χ0) is 15.9. The monoisotopic (exact) mass is 292 g/mol. The van der Waals surface area contributed by atoms with Gasteiger partial charge in [-0.25, -0.2) is 0 Å². The van der Waals surface area contributed by atoms with Gasteiger partial charge in [-0.15, -0.1) is 5.73 Å². The topological polar surface area (TPSA) is 17.1 Å². The van der Waals surface area contributed by atoms with Crippen molar-refractivity contribution in [3.63, 3.8) is 0 Å². The first-order chi connectivity index (χ1) is 9.82. The van der Waals surface area contributed by atoms with E-state index >= 15 is 0 Å². The van der Waals surface area contributed by atoms with E-state index in [9.17, 15) is 18.0 Å². The van der Waals surface area contributed by atoms with Crippen LogP contribution in [-0.4, -0.2) is 5.78 Å². The lowest BCUT2D eigenvalue weighted by Crippen LogP contribution is -2.04. The van der Waals surface area contributed by atoms with Crippen molar-refractivity contribution < 1.29 is 18.0 Å². The third-order valence-electron chi connectivity index (χ3n) is 2.68. The van der Waals surface area contributed by atoms with Crippen molar-refractivity contribution in [3.05, 3.63) is 52.8 Å². The van der Waals surface area contributed by atoms with Gasteiger partial charge in [0, 0.05) is 12.0 Å². The van der Waals surface area contributed by atoms with Crippen LogP contribution in [0.4, 0.5) is 13.2 Å². The molecule has 0 saturated heterocycles. The Bertz CT molecular complexity index is 619. The molecule has 0 atom stereocenters. The third-order valence-corrected chi connectivity index (χ3v) is 2.68. The van der Waals surface area contributed by atoms with Crippen LogP contribution in [0.1, 0.15) is 37.8 Å². The van der Waals surface area contributed by atoms with Gasteiger partial charge >= 0.3 is 6.18 Å². The van der Waals surface area contributed by atoms with Crippen molar-refractivity contribution in [2.75, 3.05) is 0 Å². The van der Waals surface area contributed by atoms with Crippen LogP contribution >= 0.6 is 0 Å². The van der Waals surface area contributed by atoms with Gasteiger partial charge in [-0.3, -0.25) is 4.79 Å². The molecular weight excluding hydrogens is 277 g/mol. The standard InChI is InChI=1S/C17H15F3O/c1-3-4-13(2)5-11-16(21)12-8-14-6-9-15(10-7-14)17(18,19)20/h3,6-7,9-10H,5,11H2,1-2H3. The van der Waals surface area contributed by atoms with Gasteiger partial charge in [-0.05, 0) is 62.1 Å². The Balaban J connectivity index is 2.66. The molecule has 0 saturated carbocycles. The van der Waals surface area contributed by atoms with E-state index in [1.807, 2.05) is 13.8 Å². The highest BCUT2D eigenvalue weighted by atomic mass is 19.4. The second-order valence-electron chi connectivity index (χ2n) is 4.46. The normalized spacial score (nSPS) is 10.1.